The molecule has 2 aromatic rings. The molecular weight excluding hydrogens is 314 g/mol. The van der Waals surface area contributed by atoms with Crippen LogP contribution in [0.3, 0.4) is 0 Å². The van der Waals surface area contributed by atoms with Gasteiger partial charge in [0.2, 0.25) is 5.95 Å². The first kappa shape index (κ1) is 16.0. The van der Waals surface area contributed by atoms with Crippen molar-refractivity contribution < 1.29 is 14.3 Å². The first-order valence-corrected chi connectivity index (χ1v) is 7.48. The zero-order chi connectivity index (χ0) is 17.1. The maximum atomic E-state index is 12.5. The lowest BCUT2D eigenvalue weighted by atomic mass is 10.3. The van der Waals surface area contributed by atoms with Gasteiger partial charge in [0.25, 0.3) is 5.91 Å². The van der Waals surface area contributed by atoms with Crippen molar-refractivity contribution in [2.75, 3.05) is 45.3 Å². The fourth-order valence-electron chi connectivity index (χ4n) is 2.51. The van der Waals surface area contributed by atoms with Crippen LogP contribution in [0.5, 0.6) is 12.0 Å². The molecule has 10 nitrogen and oxygen atoms in total. The number of carbonyl (C=O) groups is 1. The molecule has 0 N–H and O–H groups in total. The zero-order valence-electron chi connectivity index (χ0n) is 13.8. The Hall–Kier alpha value is -2.91. The summed E-state index contributed by atoms with van der Waals surface area (Å²) < 4.78 is 11.7. The topological polar surface area (TPSA) is 98.5 Å². The number of hydrogen-bond acceptors (Lipinski definition) is 8. The molecule has 128 valence electrons. The van der Waals surface area contributed by atoms with Gasteiger partial charge in [-0.1, -0.05) is 0 Å². The van der Waals surface area contributed by atoms with Crippen LogP contribution in [0.15, 0.2) is 12.3 Å². The summed E-state index contributed by atoms with van der Waals surface area (Å²) in [7, 11) is 4.74. The maximum absolute atomic E-state index is 12.5. The molecule has 24 heavy (non-hydrogen) atoms. The van der Waals surface area contributed by atoms with E-state index in [-0.39, 0.29) is 17.9 Å². The molecule has 0 atom stereocenters. The van der Waals surface area contributed by atoms with Gasteiger partial charge >= 0.3 is 12.0 Å². The molecule has 1 aliphatic rings. The molecule has 0 aromatic carbocycles. The summed E-state index contributed by atoms with van der Waals surface area (Å²) in [4.78, 5) is 28.7. The fraction of sp³-hybridized carbons (Fsp3) is 0.500. The van der Waals surface area contributed by atoms with Gasteiger partial charge in [0.15, 0.2) is 0 Å². The van der Waals surface area contributed by atoms with Crippen molar-refractivity contribution >= 4 is 11.9 Å². The van der Waals surface area contributed by atoms with E-state index in [9.17, 15) is 4.79 Å². The van der Waals surface area contributed by atoms with Gasteiger partial charge in [-0.15, -0.1) is 4.98 Å². The van der Waals surface area contributed by atoms with E-state index in [1.165, 1.54) is 14.2 Å². The lowest BCUT2D eigenvalue weighted by Gasteiger charge is -2.34. The highest BCUT2D eigenvalue weighted by Crippen LogP contribution is 2.18. The van der Waals surface area contributed by atoms with E-state index in [0.717, 1.165) is 0 Å². The molecule has 3 rings (SSSR count). The third kappa shape index (κ3) is 3.07. The van der Waals surface area contributed by atoms with Crippen molar-refractivity contribution in [3.63, 3.8) is 0 Å². The van der Waals surface area contributed by atoms with E-state index in [1.54, 1.807) is 28.9 Å². The van der Waals surface area contributed by atoms with Crippen LogP contribution in [0, 0.1) is 0 Å². The number of anilines is 1. The molecule has 1 saturated heterocycles. The Morgan fingerprint density at radius 2 is 1.67 bits per heavy atom. The molecule has 0 unspecified atom stereocenters. The Morgan fingerprint density at radius 1 is 1.04 bits per heavy atom. The lowest BCUT2D eigenvalue weighted by Crippen LogP contribution is -2.49. The van der Waals surface area contributed by atoms with Crippen molar-refractivity contribution in [1.82, 2.24) is 29.6 Å². The Morgan fingerprint density at radius 3 is 2.17 bits per heavy atom. The van der Waals surface area contributed by atoms with Crippen molar-refractivity contribution in [1.29, 1.82) is 0 Å². The summed E-state index contributed by atoms with van der Waals surface area (Å²) in [5.41, 5.74) is 0.576. The first-order valence-electron chi connectivity index (χ1n) is 7.48. The lowest BCUT2D eigenvalue weighted by molar-refractivity contribution is 0.0735. The van der Waals surface area contributed by atoms with Crippen LogP contribution in [0.1, 0.15) is 10.5 Å². The summed E-state index contributed by atoms with van der Waals surface area (Å²) in [6.07, 6.45) is 1.62. The van der Waals surface area contributed by atoms with E-state index in [0.29, 0.717) is 37.8 Å². The molecule has 1 fully saturated rings. The normalized spacial score (nSPS) is 14.6. The second-order valence-electron chi connectivity index (χ2n) is 5.23. The minimum absolute atomic E-state index is 0.0274. The molecule has 0 saturated carbocycles. The number of methoxy groups -OCH3 is 2. The molecule has 0 aliphatic carbocycles. The highest BCUT2D eigenvalue weighted by atomic mass is 16.5. The van der Waals surface area contributed by atoms with E-state index >= 15 is 0 Å². The number of ether oxygens (including phenoxy) is 2. The van der Waals surface area contributed by atoms with Crippen LogP contribution in [0.4, 0.5) is 5.95 Å². The van der Waals surface area contributed by atoms with Gasteiger partial charge in [-0.25, -0.2) is 0 Å². The number of piperazine rings is 1. The number of rotatable bonds is 4. The number of hydrogen-bond donors (Lipinski definition) is 0. The summed E-state index contributed by atoms with van der Waals surface area (Å²) >= 11 is 0. The molecule has 1 aliphatic heterocycles. The standard InChI is InChI=1S/C14H19N7O3/c1-19-10(4-5-15-19)11(22)20-6-8-21(9-7-20)12-16-13(23-2)18-14(17-12)24-3/h4-5H,6-9H2,1-3H3. The monoisotopic (exact) mass is 333 g/mol. The first-order chi connectivity index (χ1) is 11.6. The summed E-state index contributed by atoms with van der Waals surface area (Å²) in [5.74, 6) is 0.451. The largest absolute Gasteiger partial charge is 0.467 e. The Labute approximate surface area is 139 Å². The van der Waals surface area contributed by atoms with E-state index in [4.69, 9.17) is 9.47 Å². The Bertz CT molecular complexity index is 703. The quantitative estimate of drug-likeness (QED) is 0.744. The van der Waals surface area contributed by atoms with Crippen LogP contribution >= 0.6 is 0 Å². The predicted octanol–water partition coefficient (Wildman–Crippen LogP) is -0.415. The number of aromatic nitrogens is 5. The second kappa shape index (κ2) is 6.69. The van der Waals surface area contributed by atoms with E-state index in [2.05, 4.69) is 20.1 Å². The predicted molar refractivity (Wildman–Crippen MR) is 84.3 cm³/mol. The van der Waals surface area contributed by atoms with Gasteiger partial charge in [-0.2, -0.15) is 15.1 Å². The summed E-state index contributed by atoms with van der Waals surface area (Å²) in [6, 6.07) is 2.12. The number of amides is 1. The van der Waals surface area contributed by atoms with Gasteiger partial charge in [0, 0.05) is 39.4 Å². The van der Waals surface area contributed by atoms with Crippen LogP contribution in [-0.2, 0) is 7.05 Å². The minimum Gasteiger partial charge on any atom is -0.467 e. The molecule has 10 heteroatoms. The van der Waals surface area contributed by atoms with Gasteiger partial charge in [-0.3, -0.25) is 9.48 Å². The maximum Gasteiger partial charge on any atom is 0.324 e. The number of nitrogens with zero attached hydrogens (tertiary/aromatic N) is 7. The third-order valence-electron chi connectivity index (χ3n) is 3.84. The highest BCUT2D eigenvalue weighted by Gasteiger charge is 2.25. The van der Waals surface area contributed by atoms with Crippen molar-refractivity contribution in [2.24, 2.45) is 7.05 Å². The van der Waals surface area contributed by atoms with E-state index in [1.807, 2.05) is 4.90 Å². The van der Waals surface area contributed by atoms with E-state index < -0.39 is 0 Å². The number of carbonyl (C=O) groups excluding carboxylic acids is 1. The summed E-state index contributed by atoms with van der Waals surface area (Å²) in [5, 5.41) is 4.04. The number of aryl methyl sites for hydroxylation is 1. The smallest absolute Gasteiger partial charge is 0.324 e. The van der Waals surface area contributed by atoms with Crippen LogP contribution in [0.2, 0.25) is 0 Å². The SMILES string of the molecule is COc1nc(OC)nc(N2CCN(C(=O)c3ccnn3C)CC2)n1. The third-order valence-corrected chi connectivity index (χ3v) is 3.84. The van der Waals surface area contributed by atoms with Gasteiger partial charge < -0.3 is 19.3 Å². The van der Waals surface area contributed by atoms with Gasteiger partial charge in [-0.05, 0) is 6.07 Å². The molecule has 0 spiro atoms. The van der Waals surface area contributed by atoms with Crippen molar-refractivity contribution in [2.45, 2.75) is 0 Å². The highest BCUT2D eigenvalue weighted by molar-refractivity contribution is 5.92. The summed E-state index contributed by atoms with van der Waals surface area (Å²) in [6.45, 7) is 2.36. The van der Waals surface area contributed by atoms with Crippen molar-refractivity contribution in [3.05, 3.63) is 18.0 Å². The zero-order valence-corrected chi connectivity index (χ0v) is 13.8. The molecule has 3 heterocycles. The van der Waals surface area contributed by atoms with Gasteiger partial charge in [0.1, 0.15) is 5.69 Å². The molecule has 1 amide bonds. The Balaban J connectivity index is 1.69. The molecule has 0 radical (unpaired) electrons. The van der Waals surface area contributed by atoms with Crippen LogP contribution < -0.4 is 14.4 Å². The molecule has 2 aromatic heterocycles. The van der Waals surface area contributed by atoms with Crippen LogP contribution in [-0.4, -0.2) is 75.9 Å². The van der Waals surface area contributed by atoms with Gasteiger partial charge in [0.05, 0.1) is 14.2 Å². The average Bonchev–Trinajstić information content (AvgIpc) is 3.06. The fourth-order valence-corrected chi connectivity index (χ4v) is 2.51. The minimum atomic E-state index is -0.0274. The Kier molecular flexibility index (Phi) is 4.45. The average molecular weight is 333 g/mol. The second-order valence-corrected chi connectivity index (χ2v) is 5.23. The van der Waals surface area contributed by atoms with Crippen LogP contribution in [0.25, 0.3) is 0 Å². The molecular formula is C14H19N7O3. The van der Waals surface area contributed by atoms with Crippen molar-refractivity contribution in [3.8, 4) is 12.0 Å². The molecule has 0 bridgehead atoms.